The Bertz CT molecular complexity index is 532. The van der Waals surface area contributed by atoms with Gasteiger partial charge in [-0.1, -0.05) is 20.3 Å². The zero-order valence-electron chi connectivity index (χ0n) is 12.2. The summed E-state index contributed by atoms with van der Waals surface area (Å²) < 4.78 is 40.8. The standard InChI is InChI=1S/C14H23FN2O2S/c1-4-6-12(5-2)17-20(18,19)13-7-8-14(15)11(9-13)10-16-3/h7-9,12,16-17H,4-6,10H2,1-3H3. The van der Waals surface area contributed by atoms with Gasteiger partial charge in [0.2, 0.25) is 10.0 Å². The maximum absolute atomic E-state index is 13.5. The average molecular weight is 302 g/mol. The Balaban J connectivity index is 3.00. The number of hydrogen-bond donors (Lipinski definition) is 2. The molecule has 4 nitrogen and oxygen atoms in total. The van der Waals surface area contributed by atoms with Crippen molar-refractivity contribution in [3.05, 3.63) is 29.6 Å². The molecule has 0 amide bonds. The van der Waals surface area contributed by atoms with Crippen molar-refractivity contribution < 1.29 is 12.8 Å². The van der Waals surface area contributed by atoms with E-state index >= 15 is 0 Å². The van der Waals surface area contributed by atoms with E-state index in [1.807, 2.05) is 13.8 Å². The van der Waals surface area contributed by atoms with Crippen molar-refractivity contribution in [3.63, 3.8) is 0 Å². The van der Waals surface area contributed by atoms with Gasteiger partial charge in [0.15, 0.2) is 0 Å². The fraction of sp³-hybridized carbons (Fsp3) is 0.571. The van der Waals surface area contributed by atoms with Crippen LogP contribution in [0.25, 0.3) is 0 Å². The largest absolute Gasteiger partial charge is 0.316 e. The lowest BCUT2D eigenvalue weighted by atomic mass is 10.1. The van der Waals surface area contributed by atoms with Gasteiger partial charge >= 0.3 is 0 Å². The molecular weight excluding hydrogens is 279 g/mol. The second kappa shape index (κ2) is 7.71. The lowest BCUT2D eigenvalue weighted by Crippen LogP contribution is -2.34. The zero-order chi connectivity index (χ0) is 15.2. The number of benzene rings is 1. The van der Waals surface area contributed by atoms with E-state index in [2.05, 4.69) is 10.0 Å². The number of halogens is 1. The van der Waals surface area contributed by atoms with E-state index in [-0.39, 0.29) is 10.9 Å². The number of sulfonamides is 1. The first-order valence-corrected chi connectivity index (χ1v) is 8.38. The molecule has 0 aliphatic rings. The van der Waals surface area contributed by atoms with Gasteiger partial charge in [-0.3, -0.25) is 0 Å². The quantitative estimate of drug-likeness (QED) is 0.775. The summed E-state index contributed by atoms with van der Waals surface area (Å²) in [5.74, 6) is -0.404. The Kier molecular flexibility index (Phi) is 6.58. The molecule has 114 valence electrons. The minimum Gasteiger partial charge on any atom is -0.316 e. The fourth-order valence-corrected chi connectivity index (χ4v) is 3.43. The SMILES string of the molecule is CCCC(CC)NS(=O)(=O)c1ccc(F)c(CNC)c1. The van der Waals surface area contributed by atoms with Crippen molar-refractivity contribution in [2.75, 3.05) is 7.05 Å². The highest BCUT2D eigenvalue weighted by Gasteiger charge is 2.19. The molecule has 0 aromatic heterocycles. The van der Waals surface area contributed by atoms with Gasteiger partial charge in [-0.05, 0) is 38.1 Å². The summed E-state index contributed by atoms with van der Waals surface area (Å²) in [5, 5.41) is 2.82. The van der Waals surface area contributed by atoms with Gasteiger partial charge in [-0.25, -0.2) is 17.5 Å². The van der Waals surface area contributed by atoms with Gasteiger partial charge in [0, 0.05) is 18.2 Å². The topological polar surface area (TPSA) is 58.2 Å². The molecule has 0 bridgehead atoms. The van der Waals surface area contributed by atoms with E-state index in [1.165, 1.54) is 18.2 Å². The monoisotopic (exact) mass is 302 g/mol. The van der Waals surface area contributed by atoms with Gasteiger partial charge in [0.1, 0.15) is 5.82 Å². The normalized spacial score (nSPS) is 13.4. The highest BCUT2D eigenvalue weighted by molar-refractivity contribution is 7.89. The molecule has 0 spiro atoms. The van der Waals surface area contributed by atoms with Crippen molar-refractivity contribution >= 4 is 10.0 Å². The molecule has 1 rings (SSSR count). The van der Waals surface area contributed by atoms with Crippen LogP contribution in [0, 0.1) is 5.82 Å². The molecule has 0 radical (unpaired) electrons. The summed E-state index contributed by atoms with van der Waals surface area (Å²) >= 11 is 0. The second-order valence-corrected chi connectivity index (χ2v) is 6.51. The molecule has 1 unspecified atom stereocenters. The Labute approximate surface area is 120 Å². The fourth-order valence-electron chi connectivity index (χ4n) is 2.03. The third-order valence-electron chi connectivity index (χ3n) is 3.15. The van der Waals surface area contributed by atoms with Crippen LogP contribution in [0.1, 0.15) is 38.7 Å². The van der Waals surface area contributed by atoms with Crippen LogP contribution in [-0.4, -0.2) is 21.5 Å². The predicted molar refractivity (Wildman–Crippen MR) is 78.5 cm³/mol. The van der Waals surface area contributed by atoms with Crippen molar-refractivity contribution in [1.29, 1.82) is 0 Å². The highest BCUT2D eigenvalue weighted by atomic mass is 32.2. The molecule has 2 N–H and O–H groups in total. The summed E-state index contributed by atoms with van der Waals surface area (Å²) in [6.07, 6.45) is 2.44. The Morgan fingerprint density at radius 3 is 2.55 bits per heavy atom. The van der Waals surface area contributed by atoms with Gasteiger partial charge in [0.05, 0.1) is 4.90 Å². The van der Waals surface area contributed by atoms with E-state index in [9.17, 15) is 12.8 Å². The van der Waals surface area contributed by atoms with Crippen LogP contribution in [0.2, 0.25) is 0 Å². The van der Waals surface area contributed by atoms with Crippen LogP contribution in [0.15, 0.2) is 23.1 Å². The first kappa shape index (κ1) is 17.1. The molecule has 1 aromatic carbocycles. The van der Waals surface area contributed by atoms with Gasteiger partial charge in [0.25, 0.3) is 0 Å². The smallest absolute Gasteiger partial charge is 0.240 e. The van der Waals surface area contributed by atoms with E-state index in [0.717, 1.165) is 19.3 Å². The molecule has 1 aromatic rings. The Hall–Kier alpha value is -0.980. The molecule has 1 atom stereocenters. The minimum atomic E-state index is -3.60. The third-order valence-corrected chi connectivity index (χ3v) is 4.66. The highest BCUT2D eigenvalue weighted by Crippen LogP contribution is 2.16. The number of nitrogens with one attached hydrogen (secondary N) is 2. The molecule has 20 heavy (non-hydrogen) atoms. The van der Waals surface area contributed by atoms with Crippen molar-refractivity contribution in [3.8, 4) is 0 Å². The maximum Gasteiger partial charge on any atom is 0.240 e. The molecule has 0 fully saturated rings. The lowest BCUT2D eigenvalue weighted by molar-refractivity contribution is 0.512. The van der Waals surface area contributed by atoms with Crippen molar-refractivity contribution in [2.45, 2.75) is 50.6 Å². The minimum absolute atomic E-state index is 0.0807. The Morgan fingerprint density at radius 2 is 2.00 bits per heavy atom. The van der Waals surface area contributed by atoms with E-state index < -0.39 is 15.8 Å². The zero-order valence-corrected chi connectivity index (χ0v) is 13.1. The molecule has 0 saturated heterocycles. The second-order valence-electron chi connectivity index (χ2n) is 4.80. The molecule has 0 aliphatic carbocycles. The predicted octanol–water partition coefficient (Wildman–Crippen LogP) is 2.40. The molecule has 0 aliphatic heterocycles. The van der Waals surface area contributed by atoms with Crippen LogP contribution in [0.3, 0.4) is 0 Å². The summed E-state index contributed by atoms with van der Waals surface area (Å²) in [6, 6.07) is 3.80. The summed E-state index contributed by atoms with van der Waals surface area (Å²) in [6.45, 7) is 4.25. The van der Waals surface area contributed by atoms with E-state index in [0.29, 0.717) is 12.1 Å². The van der Waals surface area contributed by atoms with Gasteiger partial charge in [-0.2, -0.15) is 0 Å². The Morgan fingerprint density at radius 1 is 1.30 bits per heavy atom. The van der Waals surface area contributed by atoms with Crippen LogP contribution in [0.5, 0.6) is 0 Å². The summed E-state index contributed by atoms with van der Waals surface area (Å²) in [5.41, 5.74) is 0.346. The molecule has 0 heterocycles. The van der Waals surface area contributed by atoms with Crippen LogP contribution in [0.4, 0.5) is 4.39 Å². The van der Waals surface area contributed by atoms with Crippen LogP contribution in [-0.2, 0) is 16.6 Å². The number of hydrogen-bond acceptors (Lipinski definition) is 3. The molecule has 0 saturated carbocycles. The van der Waals surface area contributed by atoms with Gasteiger partial charge in [-0.15, -0.1) is 0 Å². The molecule has 6 heteroatoms. The van der Waals surface area contributed by atoms with Crippen molar-refractivity contribution in [1.82, 2.24) is 10.0 Å². The summed E-state index contributed by atoms with van der Waals surface area (Å²) in [4.78, 5) is 0.110. The first-order chi connectivity index (χ1) is 9.44. The van der Waals surface area contributed by atoms with Crippen molar-refractivity contribution in [2.24, 2.45) is 0 Å². The average Bonchev–Trinajstić information content (AvgIpc) is 2.40. The third kappa shape index (κ3) is 4.54. The van der Waals surface area contributed by atoms with Crippen LogP contribution < -0.4 is 10.0 Å². The summed E-state index contributed by atoms with van der Waals surface area (Å²) in [7, 11) is -1.91. The maximum atomic E-state index is 13.5. The van der Waals surface area contributed by atoms with E-state index in [1.54, 1.807) is 7.05 Å². The number of rotatable bonds is 8. The van der Waals surface area contributed by atoms with Crippen LogP contribution >= 0.6 is 0 Å². The van der Waals surface area contributed by atoms with Gasteiger partial charge < -0.3 is 5.32 Å². The van der Waals surface area contributed by atoms with E-state index in [4.69, 9.17) is 0 Å². The lowest BCUT2D eigenvalue weighted by Gasteiger charge is -2.16. The first-order valence-electron chi connectivity index (χ1n) is 6.90. The molecular formula is C14H23FN2O2S.